The molecule has 3 nitrogen and oxygen atoms in total. The minimum atomic E-state index is -0.369. The highest BCUT2D eigenvalue weighted by Crippen LogP contribution is 2.25. The summed E-state index contributed by atoms with van der Waals surface area (Å²) in [5.74, 6) is -0.490. The van der Waals surface area contributed by atoms with Crippen LogP contribution in [0.1, 0.15) is 24.8 Å². The van der Waals surface area contributed by atoms with Crippen molar-refractivity contribution in [1.82, 2.24) is 5.32 Å². The van der Waals surface area contributed by atoms with Crippen LogP contribution < -0.4 is 5.32 Å². The molecule has 1 aromatic rings. The Hall–Kier alpha value is -1.20. The molecule has 20 heavy (non-hydrogen) atoms. The van der Waals surface area contributed by atoms with E-state index in [2.05, 4.69) is 21.2 Å². The second-order valence-electron chi connectivity index (χ2n) is 4.99. The van der Waals surface area contributed by atoms with Crippen molar-refractivity contribution in [2.45, 2.75) is 25.3 Å². The van der Waals surface area contributed by atoms with Gasteiger partial charge in [0.15, 0.2) is 0 Å². The third-order valence-electron chi connectivity index (χ3n) is 3.59. The van der Waals surface area contributed by atoms with Gasteiger partial charge in [-0.15, -0.1) is 0 Å². The van der Waals surface area contributed by atoms with Crippen molar-refractivity contribution < 1.29 is 14.3 Å². The molecule has 0 heterocycles. The maximum Gasteiger partial charge on any atom is 0.244 e. The lowest BCUT2D eigenvalue weighted by molar-refractivity contribution is -0.117. The number of aliphatic hydroxyl groups excluding tert-OH is 1. The molecule has 0 aliphatic heterocycles. The van der Waals surface area contributed by atoms with E-state index < -0.39 is 0 Å². The Bertz CT molecular complexity index is 519. The first-order valence-electron chi connectivity index (χ1n) is 6.64. The normalized spacial score (nSPS) is 22.4. The first-order chi connectivity index (χ1) is 9.60. The van der Waals surface area contributed by atoms with Crippen molar-refractivity contribution in [3.63, 3.8) is 0 Å². The van der Waals surface area contributed by atoms with Crippen LogP contribution in [0, 0.1) is 11.7 Å². The van der Waals surface area contributed by atoms with Crippen molar-refractivity contribution in [3.8, 4) is 0 Å². The molecule has 2 atom stereocenters. The number of rotatable bonds is 4. The highest BCUT2D eigenvalue weighted by Gasteiger charge is 2.27. The number of nitrogens with one attached hydrogen (secondary N) is 1. The van der Waals surface area contributed by atoms with Crippen molar-refractivity contribution in [1.29, 1.82) is 0 Å². The molecule has 1 saturated carbocycles. The third-order valence-corrected chi connectivity index (χ3v) is 4.09. The Kier molecular flexibility index (Phi) is 5.31. The van der Waals surface area contributed by atoms with Crippen LogP contribution in [0.2, 0.25) is 0 Å². The first kappa shape index (κ1) is 15.2. The standard InChI is InChI=1S/C15H17BrFNO2/c16-12-5-6-13(17)10(8-12)4-7-15(20)18-14-3-1-2-11(14)9-19/h4-8,11,14,19H,1-3,9H2,(H,18,20)/b7-4+. The second kappa shape index (κ2) is 6.99. The van der Waals surface area contributed by atoms with Crippen LogP contribution in [-0.2, 0) is 4.79 Å². The van der Waals surface area contributed by atoms with Gasteiger partial charge in [0.05, 0.1) is 0 Å². The van der Waals surface area contributed by atoms with Gasteiger partial charge in [-0.25, -0.2) is 4.39 Å². The zero-order chi connectivity index (χ0) is 14.5. The molecule has 1 aromatic carbocycles. The van der Waals surface area contributed by atoms with Crippen LogP contribution >= 0.6 is 15.9 Å². The lowest BCUT2D eigenvalue weighted by atomic mass is 10.1. The Morgan fingerprint density at radius 2 is 2.30 bits per heavy atom. The molecule has 1 aliphatic carbocycles. The van der Waals surface area contributed by atoms with Crippen molar-refractivity contribution >= 4 is 27.9 Å². The first-order valence-corrected chi connectivity index (χ1v) is 7.44. The van der Waals surface area contributed by atoms with Gasteiger partial charge in [0.25, 0.3) is 0 Å². The fourth-order valence-corrected chi connectivity index (χ4v) is 2.86. The topological polar surface area (TPSA) is 49.3 Å². The van der Waals surface area contributed by atoms with Crippen LogP contribution in [0.25, 0.3) is 6.08 Å². The molecule has 5 heteroatoms. The van der Waals surface area contributed by atoms with E-state index in [9.17, 15) is 14.3 Å². The number of carbonyl (C=O) groups is 1. The SMILES string of the molecule is O=C(/C=C/c1cc(Br)ccc1F)NC1CCCC1CO. The molecule has 2 N–H and O–H groups in total. The van der Waals surface area contributed by atoms with Crippen LogP contribution in [0.15, 0.2) is 28.7 Å². The van der Waals surface area contributed by atoms with E-state index in [0.29, 0.717) is 5.56 Å². The van der Waals surface area contributed by atoms with E-state index in [1.54, 1.807) is 12.1 Å². The molecule has 0 spiro atoms. The number of benzene rings is 1. The van der Waals surface area contributed by atoms with Gasteiger partial charge in [0, 0.05) is 34.7 Å². The molecule has 1 aliphatic rings. The quantitative estimate of drug-likeness (QED) is 0.827. The molecule has 0 radical (unpaired) electrons. The summed E-state index contributed by atoms with van der Waals surface area (Å²) in [4.78, 5) is 11.8. The maximum atomic E-state index is 13.5. The molecule has 0 saturated heterocycles. The highest BCUT2D eigenvalue weighted by molar-refractivity contribution is 9.10. The van der Waals surface area contributed by atoms with E-state index in [1.807, 2.05) is 0 Å². The number of amides is 1. The predicted molar refractivity (Wildman–Crippen MR) is 79.5 cm³/mol. The Balaban J connectivity index is 1.97. The minimum Gasteiger partial charge on any atom is -0.396 e. The van der Waals surface area contributed by atoms with Crippen molar-refractivity contribution in [2.75, 3.05) is 6.61 Å². The highest BCUT2D eigenvalue weighted by atomic mass is 79.9. The summed E-state index contributed by atoms with van der Waals surface area (Å²) in [6.07, 6.45) is 5.62. The average molecular weight is 342 g/mol. The van der Waals surface area contributed by atoms with Crippen LogP contribution in [0.5, 0.6) is 0 Å². The van der Waals surface area contributed by atoms with Gasteiger partial charge in [-0.05, 0) is 37.1 Å². The van der Waals surface area contributed by atoms with Crippen LogP contribution in [0.4, 0.5) is 4.39 Å². The second-order valence-corrected chi connectivity index (χ2v) is 5.90. The molecule has 2 unspecified atom stereocenters. The number of halogens is 2. The van der Waals surface area contributed by atoms with E-state index in [4.69, 9.17) is 0 Å². The summed E-state index contributed by atoms with van der Waals surface area (Å²) in [5, 5.41) is 12.1. The van der Waals surface area contributed by atoms with Gasteiger partial charge < -0.3 is 10.4 Å². The van der Waals surface area contributed by atoms with Crippen LogP contribution in [0.3, 0.4) is 0 Å². The summed E-state index contributed by atoms with van der Waals surface area (Å²) in [5.41, 5.74) is 0.361. The molecule has 108 valence electrons. The maximum absolute atomic E-state index is 13.5. The van der Waals surface area contributed by atoms with E-state index in [-0.39, 0.29) is 30.3 Å². The summed E-state index contributed by atoms with van der Waals surface area (Å²) in [6.45, 7) is 0.0922. The number of hydrogen-bond donors (Lipinski definition) is 2. The molecule has 2 rings (SSSR count). The molecule has 0 bridgehead atoms. The fourth-order valence-electron chi connectivity index (χ4n) is 2.48. The van der Waals surface area contributed by atoms with Crippen molar-refractivity contribution in [3.05, 3.63) is 40.1 Å². The van der Waals surface area contributed by atoms with Gasteiger partial charge in [-0.1, -0.05) is 22.4 Å². The number of hydrogen-bond acceptors (Lipinski definition) is 2. The zero-order valence-corrected chi connectivity index (χ0v) is 12.6. The van der Waals surface area contributed by atoms with E-state index in [1.165, 1.54) is 18.2 Å². The van der Waals surface area contributed by atoms with Crippen molar-refractivity contribution in [2.24, 2.45) is 5.92 Å². The molecule has 1 amide bonds. The largest absolute Gasteiger partial charge is 0.396 e. The molecule has 1 fully saturated rings. The van der Waals surface area contributed by atoms with Gasteiger partial charge >= 0.3 is 0 Å². The summed E-state index contributed by atoms with van der Waals surface area (Å²) in [7, 11) is 0. The third kappa shape index (κ3) is 3.90. The summed E-state index contributed by atoms with van der Waals surface area (Å²) >= 11 is 3.26. The fraction of sp³-hybridized carbons (Fsp3) is 0.400. The summed E-state index contributed by atoms with van der Waals surface area (Å²) in [6, 6.07) is 4.59. The van der Waals surface area contributed by atoms with Gasteiger partial charge in [0.2, 0.25) is 5.91 Å². The molecular weight excluding hydrogens is 325 g/mol. The van der Waals surface area contributed by atoms with Gasteiger partial charge in [0.1, 0.15) is 5.82 Å². The Labute approximate surface area is 126 Å². The monoisotopic (exact) mass is 341 g/mol. The molecular formula is C15H17BrFNO2. The summed E-state index contributed by atoms with van der Waals surface area (Å²) < 4.78 is 14.3. The molecule has 0 aromatic heterocycles. The lowest BCUT2D eigenvalue weighted by Crippen LogP contribution is -2.37. The van der Waals surface area contributed by atoms with Gasteiger partial charge in [-0.2, -0.15) is 0 Å². The van der Waals surface area contributed by atoms with E-state index >= 15 is 0 Å². The smallest absolute Gasteiger partial charge is 0.244 e. The van der Waals surface area contributed by atoms with Gasteiger partial charge in [-0.3, -0.25) is 4.79 Å². The zero-order valence-electron chi connectivity index (χ0n) is 11.0. The lowest BCUT2D eigenvalue weighted by Gasteiger charge is -2.17. The Morgan fingerprint density at radius 3 is 3.05 bits per heavy atom. The van der Waals surface area contributed by atoms with E-state index in [0.717, 1.165) is 23.7 Å². The number of carbonyl (C=O) groups excluding carboxylic acids is 1. The predicted octanol–water partition coefficient (Wildman–Crippen LogP) is 2.88. The average Bonchev–Trinajstić information content (AvgIpc) is 2.87. The minimum absolute atomic E-state index is 0.0181. The number of aliphatic hydroxyl groups is 1. The van der Waals surface area contributed by atoms with Crippen LogP contribution in [-0.4, -0.2) is 23.7 Å². The Morgan fingerprint density at radius 1 is 1.50 bits per heavy atom.